The summed E-state index contributed by atoms with van der Waals surface area (Å²) in [7, 11) is 0. The number of pyridine rings is 1. The standard InChI is InChI=1S/C22H28N4O/c1-18-6-5-7-19(2)22(18)27-15-14-24-10-12-25(13-11-24)16-20-17-26-9-4-3-8-21(26)23-20/h3-9,17H,10-16H2,1-2H3. The molecule has 1 saturated heterocycles. The SMILES string of the molecule is Cc1cccc(C)c1OCCN1CCN(Cc2cn3ccccc3n2)CC1. The van der Waals surface area contributed by atoms with Crippen molar-refractivity contribution in [2.45, 2.75) is 20.4 Å². The first-order chi connectivity index (χ1) is 13.2. The van der Waals surface area contributed by atoms with Gasteiger partial charge in [0.15, 0.2) is 0 Å². The summed E-state index contributed by atoms with van der Waals surface area (Å²) in [5.41, 5.74) is 4.60. The molecule has 0 aliphatic carbocycles. The van der Waals surface area contributed by atoms with E-state index in [1.807, 2.05) is 12.1 Å². The molecule has 0 spiro atoms. The Kier molecular flexibility index (Phi) is 5.41. The fourth-order valence-electron chi connectivity index (χ4n) is 3.77. The van der Waals surface area contributed by atoms with Crippen LogP contribution in [0.5, 0.6) is 5.75 Å². The average molecular weight is 364 g/mol. The lowest BCUT2D eigenvalue weighted by Gasteiger charge is -2.34. The van der Waals surface area contributed by atoms with Gasteiger partial charge >= 0.3 is 0 Å². The summed E-state index contributed by atoms with van der Waals surface area (Å²) in [5.74, 6) is 1.04. The lowest BCUT2D eigenvalue weighted by Crippen LogP contribution is -2.47. The van der Waals surface area contributed by atoms with Crippen LogP contribution in [0, 0.1) is 13.8 Å². The predicted octanol–water partition coefficient (Wildman–Crippen LogP) is 3.15. The van der Waals surface area contributed by atoms with Crippen LogP contribution in [0.4, 0.5) is 0 Å². The molecule has 1 aliphatic rings. The van der Waals surface area contributed by atoms with Crippen LogP contribution in [0.15, 0.2) is 48.8 Å². The zero-order valence-corrected chi connectivity index (χ0v) is 16.3. The molecule has 0 radical (unpaired) electrons. The van der Waals surface area contributed by atoms with Gasteiger partial charge in [-0.1, -0.05) is 24.3 Å². The van der Waals surface area contributed by atoms with E-state index in [0.29, 0.717) is 0 Å². The second-order valence-corrected chi connectivity index (χ2v) is 7.39. The fourth-order valence-corrected chi connectivity index (χ4v) is 3.77. The second-order valence-electron chi connectivity index (χ2n) is 7.39. The van der Waals surface area contributed by atoms with E-state index in [9.17, 15) is 0 Å². The number of hydrogen-bond donors (Lipinski definition) is 0. The number of aryl methyl sites for hydroxylation is 2. The highest BCUT2D eigenvalue weighted by Gasteiger charge is 2.18. The number of ether oxygens (including phenoxy) is 1. The number of imidazole rings is 1. The van der Waals surface area contributed by atoms with Crippen LogP contribution in [-0.2, 0) is 6.54 Å². The van der Waals surface area contributed by atoms with Crippen molar-refractivity contribution in [3.63, 3.8) is 0 Å². The van der Waals surface area contributed by atoms with Crippen molar-refractivity contribution >= 4 is 5.65 Å². The van der Waals surface area contributed by atoms with Crippen molar-refractivity contribution in [1.29, 1.82) is 0 Å². The molecule has 4 rings (SSSR count). The first kappa shape index (κ1) is 18.0. The molecule has 2 aromatic heterocycles. The summed E-state index contributed by atoms with van der Waals surface area (Å²) in [6, 6.07) is 12.4. The molecule has 0 saturated carbocycles. The summed E-state index contributed by atoms with van der Waals surface area (Å²) in [6.07, 6.45) is 4.19. The van der Waals surface area contributed by atoms with Crippen molar-refractivity contribution < 1.29 is 4.74 Å². The number of fused-ring (bicyclic) bond motifs is 1. The molecule has 0 bridgehead atoms. The Balaban J connectivity index is 1.23. The lowest BCUT2D eigenvalue weighted by atomic mass is 10.1. The van der Waals surface area contributed by atoms with Gasteiger partial charge in [-0.25, -0.2) is 4.98 Å². The third-order valence-electron chi connectivity index (χ3n) is 5.33. The number of benzene rings is 1. The van der Waals surface area contributed by atoms with Crippen LogP contribution < -0.4 is 4.74 Å². The van der Waals surface area contributed by atoms with E-state index < -0.39 is 0 Å². The summed E-state index contributed by atoms with van der Waals surface area (Å²) < 4.78 is 8.15. The zero-order valence-electron chi connectivity index (χ0n) is 16.3. The van der Waals surface area contributed by atoms with Gasteiger partial charge in [-0.15, -0.1) is 0 Å². The lowest BCUT2D eigenvalue weighted by molar-refractivity contribution is 0.111. The van der Waals surface area contributed by atoms with Crippen molar-refractivity contribution in [2.75, 3.05) is 39.3 Å². The molecule has 142 valence electrons. The van der Waals surface area contributed by atoms with Gasteiger partial charge in [0, 0.05) is 51.7 Å². The first-order valence-electron chi connectivity index (χ1n) is 9.75. The fraction of sp³-hybridized carbons (Fsp3) is 0.409. The van der Waals surface area contributed by atoms with E-state index in [1.165, 1.54) is 11.1 Å². The number of rotatable bonds is 6. The van der Waals surface area contributed by atoms with Crippen LogP contribution in [0.2, 0.25) is 0 Å². The molecule has 0 amide bonds. The van der Waals surface area contributed by atoms with Gasteiger partial charge in [0.05, 0.1) is 5.69 Å². The highest BCUT2D eigenvalue weighted by molar-refractivity contribution is 5.40. The zero-order chi connectivity index (χ0) is 18.6. The molecule has 0 unspecified atom stereocenters. The van der Waals surface area contributed by atoms with Crippen LogP contribution in [0.25, 0.3) is 5.65 Å². The third kappa shape index (κ3) is 4.31. The molecule has 1 aliphatic heterocycles. The molecule has 0 N–H and O–H groups in total. The third-order valence-corrected chi connectivity index (χ3v) is 5.33. The van der Waals surface area contributed by atoms with Crippen molar-refractivity contribution in [2.24, 2.45) is 0 Å². The molecule has 3 aromatic rings. The maximum absolute atomic E-state index is 6.06. The van der Waals surface area contributed by atoms with Gasteiger partial charge in [-0.3, -0.25) is 9.80 Å². The van der Waals surface area contributed by atoms with Crippen molar-refractivity contribution in [3.8, 4) is 5.75 Å². The summed E-state index contributed by atoms with van der Waals surface area (Å²) in [6.45, 7) is 11.2. The summed E-state index contributed by atoms with van der Waals surface area (Å²) >= 11 is 0. The monoisotopic (exact) mass is 364 g/mol. The number of hydrogen-bond acceptors (Lipinski definition) is 4. The smallest absolute Gasteiger partial charge is 0.137 e. The van der Waals surface area contributed by atoms with E-state index in [-0.39, 0.29) is 0 Å². The quantitative estimate of drug-likeness (QED) is 0.673. The Labute approximate surface area is 161 Å². The minimum Gasteiger partial charge on any atom is -0.492 e. The molecular formula is C22H28N4O. The highest BCUT2D eigenvalue weighted by atomic mass is 16.5. The van der Waals surface area contributed by atoms with Crippen LogP contribution in [0.1, 0.15) is 16.8 Å². The highest BCUT2D eigenvalue weighted by Crippen LogP contribution is 2.22. The molecule has 27 heavy (non-hydrogen) atoms. The van der Waals surface area contributed by atoms with Crippen LogP contribution >= 0.6 is 0 Å². The largest absolute Gasteiger partial charge is 0.492 e. The number of nitrogens with zero attached hydrogens (tertiary/aromatic N) is 4. The minimum absolute atomic E-state index is 0.748. The van der Waals surface area contributed by atoms with E-state index in [1.54, 1.807) is 0 Å². The Morgan fingerprint density at radius 3 is 2.41 bits per heavy atom. The molecule has 3 heterocycles. The van der Waals surface area contributed by atoms with Gasteiger partial charge in [-0.2, -0.15) is 0 Å². The van der Waals surface area contributed by atoms with Crippen molar-refractivity contribution in [1.82, 2.24) is 19.2 Å². The van der Waals surface area contributed by atoms with E-state index >= 15 is 0 Å². The predicted molar refractivity (Wildman–Crippen MR) is 108 cm³/mol. The maximum atomic E-state index is 6.06. The molecule has 1 fully saturated rings. The summed E-state index contributed by atoms with van der Waals surface area (Å²) in [5, 5.41) is 0. The Hall–Kier alpha value is -2.37. The van der Waals surface area contributed by atoms with Gasteiger partial charge in [0.1, 0.15) is 18.0 Å². The molecule has 5 nitrogen and oxygen atoms in total. The average Bonchev–Trinajstić information content (AvgIpc) is 3.08. The van der Waals surface area contributed by atoms with Crippen molar-refractivity contribution in [3.05, 3.63) is 65.6 Å². The van der Waals surface area contributed by atoms with E-state index in [4.69, 9.17) is 9.72 Å². The Morgan fingerprint density at radius 2 is 1.67 bits per heavy atom. The van der Waals surface area contributed by atoms with Gasteiger partial charge in [0.2, 0.25) is 0 Å². The van der Waals surface area contributed by atoms with E-state index in [2.05, 4.69) is 64.7 Å². The molecule has 0 atom stereocenters. The minimum atomic E-state index is 0.748. The Bertz CT molecular complexity index is 843. The van der Waals surface area contributed by atoms with Gasteiger partial charge < -0.3 is 9.14 Å². The molecule has 1 aromatic carbocycles. The van der Waals surface area contributed by atoms with Gasteiger partial charge in [0.25, 0.3) is 0 Å². The number of para-hydroxylation sites is 1. The molecular weight excluding hydrogens is 336 g/mol. The summed E-state index contributed by atoms with van der Waals surface area (Å²) in [4.78, 5) is 9.70. The number of aromatic nitrogens is 2. The number of piperazine rings is 1. The Morgan fingerprint density at radius 1 is 0.926 bits per heavy atom. The van der Waals surface area contributed by atoms with Crippen LogP contribution in [-0.4, -0.2) is 58.5 Å². The van der Waals surface area contributed by atoms with E-state index in [0.717, 1.165) is 63.0 Å². The molecule has 5 heteroatoms. The normalized spacial score (nSPS) is 16.1. The topological polar surface area (TPSA) is 33.0 Å². The first-order valence-corrected chi connectivity index (χ1v) is 9.75. The van der Waals surface area contributed by atoms with Gasteiger partial charge in [-0.05, 0) is 37.1 Å². The maximum Gasteiger partial charge on any atom is 0.137 e. The second kappa shape index (κ2) is 8.11. The van der Waals surface area contributed by atoms with Crippen LogP contribution in [0.3, 0.4) is 0 Å².